The fraction of sp³-hybridized carbons (Fsp3) is 0.276. The van der Waals surface area contributed by atoms with Gasteiger partial charge in [-0.1, -0.05) is 48.0 Å². The summed E-state index contributed by atoms with van der Waals surface area (Å²) in [6.45, 7) is 2.47. The minimum atomic E-state index is -1.45. The molecule has 2 amide bonds. The summed E-state index contributed by atoms with van der Waals surface area (Å²) in [5.74, 6) is -2.26. The normalized spacial score (nSPS) is 28.8. The van der Waals surface area contributed by atoms with E-state index in [0.29, 0.717) is 35.5 Å². The van der Waals surface area contributed by atoms with Crippen LogP contribution >= 0.6 is 0 Å². The van der Waals surface area contributed by atoms with Gasteiger partial charge in [0.05, 0.1) is 10.8 Å². The van der Waals surface area contributed by atoms with Crippen molar-refractivity contribution in [3.05, 3.63) is 99.1 Å². The number of nitro benzene ring substituents is 1. The highest BCUT2D eigenvalue weighted by Gasteiger charge is 2.78. The number of rotatable bonds is 3. The Hall–Kier alpha value is -4.37. The van der Waals surface area contributed by atoms with E-state index in [0.717, 1.165) is 12.0 Å². The van der Waals surface area contributed by atoms with Crippen molar-refractivity contribution in [2.75, 3.05) is 17.2 Å². The second-order valence-corrected chi connectivity index (χ2v) is 10.6. The smallest absolute Gasteiger partial charge is 0.270 e. The second kappa shape index (κ2) is 7.58. The Morgan fingerprint density at radius 1 is 0.974 bits per heavy atom. The summed E-state index contributed by atoms with van der Waals surface area (Å²) >= 11 is 0. The largest absolute Gasteiger partial charge is 0.325 e. The lowest BCUT2D eigenvalue weighted by Gasteiger charge is -2.38. The lowest BCUT2D eigenvalue weighted by atomic mass is 9.60. The van der Waals surface area contributed by atoms with Gasteiger partial charge in [0.1, 0.15) is 11.0 Å². The summed E-state index contributed by atoms with van der Waals surface area (Å²) in [5.41, 5.74) is 0.623. The van der Waals surface area contributed by atoms with Gasteiger partial charge in [-0.3, -0.25) is 29.4 Å². The van der Waals surface area contributed by atoms with E-state index in [1.165, 1.54) is 24.3 Å². The lowest BCUT2D eigenvalue weighted by Crippen LogP contribution is -2.55. The van der Waals surface area contributed by atoms with Crippen LogP contribution in [0.4, 0.5) is 17.1 Å². The SMILES string of the molecule is Cc1ccc2c(c1)[C@]1(C(=O)N2)[C@@H](C(=O)c2cccc([N+](=O)[O-])c2)[C@]2(C(=O)Nc3ccccc32)[C@H]2CCCN21. The van der Waals surface area contributed by atoms with Gasteiger partial charge in [0.25, 0.3) is 5.69 Å². The molecule has 2 spiro atoms. The number of Topliss-reactive ketones (excluding diaryl/α,β-unsaturated/α-hetero) is 1. The molecule has 9 heteroatoms. The van der Waals surface area contributed by atoms with Crippen molar-refractivity contribution >= 4 is 34.7 Å². The Bertz CT molecular complexity index is 1600. The third-order valence-corrected chi connectivity index (χ3v) is 8.88. The van der Waals surface area contributed by atoms with E-state index in [1.807, 2.05) is 49.4 Å². The molecule has 4 aliphatic rings. The highest BCUT2D eigenvalue weighted by molar-refractivity contribution is 6.18. The highest BCUT2D eigenvalue weighted by atomic mass is 16.6. The Labute approximate surface area is 218 Å². The number of anilines is 2. The first kappa shape index (κ1) is 22.8. The number of ketones is 1. The zero-order valence-corrected chi connectivity index (χ0v) is 20.6. The number of nitro groups is 1. The molecule has 0 bridgehead atoms. The number of nitrogens with one attached hydrogen (secondary N) is 2. The zero-order valence-electron chi connectivity index (χ0n) is 20.6. The molecule has 38 heavy (non-hydrogen) atoms. The second-order valence-electron chi connectivity index (χ2n) is 10.6. The first-order valence-electron chi connectivity index (χ1n) is 12.7. The number of amides is 2. The first-order valence-corrected chi connectivity index (χ1v) is 12.7. The number of fused-ring (bicyclic) bond motifs is 7. The maximum atomic E-state index is 14.8. The lowest BCUT2D eigenvalue weighted by molar-refractivity contribution is -0.384. The number of non-ortho nitro benzene ring substituents is 1. The molecular weight excluding hydrogens is 484 g/mol. The summed E-state index contributed by atoms with van der Waals surface area (Å²) in [5, 5.41) is 17.6. The maximum absolute atomic E-state index is 14.8. The summed E-state index contributed by atoms with van der Waals surface area (Å²) in [7, 11) is 0. The molecule has 9 nitrogen and oxygen atoms in total. The predicted octanol–water partition coefficient (Wildman–Crippen LogP) is 3.92. The maximum Gasteiger partial charge on any atom is 0.270 e. The standard InChI is InChI=1S/C29H24N4O5/c1-16-11-12-22-20(14-16)29(27(36)31-22)25(24(34)17-6-4-7-18(15-17)33(37)38)28(23-10-5-13-32(23)29)19-8-2-3-9-21(19)30-26(28)35/h2-4,6-9,11-12,14-15,23,25H,5,10,13H2,1H3,(H,30,35)(H,31,36)/t23-,25+,28-,29-/m1/s1. The Balaban J connectivity index is 1.58. The van der Waals surface area contributed by atoms with Crippen LogP contribution in [0.25, 0.3) is 0 Å². The first-order chi connectivity index (χ1) is 18.3. The number of hydrogen-bond acceptors (Lipinski definition) is 6. The van der Waals surface area contributed by atoms with Crippen molar-refractivity contribution in [2.45, 2.75) is 36.8 Å². The van der Waals surface area contributed by atoms with Gasteiger partial charge in [-0.05, 0) is 44.0 Å². The molecule has 0 radical (unpaired) electrons. The molecule has 190 valence electrons. The van der Waals surface area contributed by atoms with Gasteiger partial charge in [-0.15, -0.1) is 0 Å². The molecular formula is C29H24N4O5. The van der Waals surface area contributed by atoms with E-state index in [4.69, 9.17) is 0 Å². The molecule has 3 aromatic rings. The number of carbonyl (C=O) groups excluding carboxylic acids is 3. The fourth-order valence-corrected chi connectivity index (χ4v) is 7.60. The van der Waals surface area contributed by atoms with Crippen molar-refractivity contribution in [3.63, 3.8) is 0 Å². The van der Waals surface area contributed by atoms with Crippen LogP contribution in [-0.4, -0.2) is 40.0 Å². The molecule has 2 fully saturated rings. The van der Waals surface area contributed by atoms with E-state index in [2.05, 4.69) is 15.5 Å². The number of para-hydroxylation sites is 1. The van der Waals surface area contributed by atoms with Gasteiger partial charge in [0.2, 0.25) is 11.8 Å². The molecule has 0 unspecified atom stereocenters. The molecule has 0 aromatic heterocycles. The average molecular weight is 509 g/mol. The average Bonchev–Trinajstić information content (AvgIpc) is 3.63. The zero-order chi connectivity index (χ0) is 26.4. The third-order valence-electron chi connectivity index (χ3n) is 8.88. The number of hydrogen-bond donors (Lipinski definition) is 2. The molecule has 4 aliphatic heterocycles. The van der Waals surface area contributed by atoms with Crippen molar-refractivity contribution in [1.29, 1.82) is 0 Å². The summed E-state index contributed by atoms with van der Waals surface area (Å²) in [6, 6.07) is 18.2. The van der Waals surface area contributed by atoms with Crippen LogP contribution < -0.4 is 10.6 Å². The van der Waals surface area contributed by atoms with Gasteiger partial charge in [-0.25, -0.2) is 0 Å². The highest BCUT2D eigenvalue weighted by Crippen LogP contribution is 2.66. The van der Waals surface area contributed by atoms with Crippen LogP contribution in [0.1, 0.15) is 39.9 Å². The van der Waals surface area contributed by atoms with Crippen molar-refractivity contribution in [2.24, 2.45) is 5.92 Å². The van der Waals surface area contributed by atoms with Crippen LogP contribution in [0, 0.1) is 23.0 Å². The molecule has 0 aliphatic carbocycles. The van der Waals surface area contributed by atoms with Gasteiger partial charge in [0, 0.05) is 40.7 Å². The Morgan fingerprint density at radius 2 is 1.74 bits per heavy atom. The van der Waals surface area contributed by atoms with Crippen LogP contribution in [0.15, 0.2) is 66.7 Å². The van der Waals surface area contributed by atoms with E-state index >= 15 is 0 Å². The topological polar surface area (TPSA) is 122 Å². The van der Waals surface area contributed by atoms with Crippen LogP contribution in [0.5, 0.6) is 0 Å². The number of aryl methyl sites for hydroxylation is 1. The molecule has 3 aromatic carbocycles. The van der Waals surface area contributed by atoms with Crippen LogP contribution in [0.2, 0.25) is 0 Å². The Morgan fingerprint density at radius 3 is 2.55 bits per heavy atom. The van der Waals surface area contributed by atoms with Crippen molar-refractivity contribution < 1.29 is 19.3 Å². The van der Waals surface area contributed by atoms with Gasteiger partial charge >= 0.3 is 0 Å². The van der Waals surface area contributed by atoms with Crippen molar-refractivity contribution in [3.8, 4) is 0 Å². The van der Waals surface area contributed by atoms with Gasteiger partial charge < -0.3 is 10.6 Å². The van der Waals surface area contributed by atoms with Gasteiger partial charge in [0.15, 0.2) is 5.78 Å². The van der Waals surface area contributed by atoms with E-state index in [1.54, 1.807) is 0 Å². The minimum absolute atomic E-state index is 0.107. The molecule has 2 saturated heterocycles. The summed E-state index contributed by atoms with van der Waals surface area (Å²) in [6.07, 6.45) is 1.41. The molecule has 7 rings (SSSR count). The van der Waals surface area contributed by atoms with E-state index in [-0.39, 0.29) is 23.1 Å². The summed E-state index contributed by atoms with van der Waals surface area (Å²) < 4.78 is 0. The predicted molar refractivity (Wildman–Crippen MR) is 139 cm³/mol. The number of nitrogens with zero attached hydrogens (tertiary/aromatic N) is 2. The van der Waals surface area contributed by atoms with E-state index in [9.17, 15) is 24.5 Å². The third kappa shape index (κ3) is 2.56. The fourth-order valence-electron chi connectivity index (χ4n) is 7.60. The monoisotopic (exact) mass is 508 g/mol. The number of benzene rings is 3. The molecule has 4 atom stereocenters. The van der Waals surface area contributed by atoms with Crippen LogP contribution in [0.3, 0.4) is 0 Å². The quantitative estimate of drug-likeness (QED) is 0.314. The number of carbonyl (C=O) groups is 3. The van der Waals surface area contributed by atoms with E-state index < -0.39 is 33.6 Å². The molecule has 0 saturated carbocycles. The van der Waals surface area contributed by atoms with Crippen molar-refractivity contribution in [1.82, 2.24) is 4.90 Å². The van der Waals surface area contributed by atoms with Gasteiger partial charge in [-0.2, -0.15) is 0 Å². The summed E-state index contributed by atoms with van der Waals surface area (Å²) in [4.78, 5) is 56.3. The minimum Gasteiger partial charge on any atom is -0.325 e. The van der Waals surface area contributed by atoms with Crippen LogP contribution in [-0.2, 0) is 20.5 Å². The molecule has 4 heterocycles. The molecule has 2 N–H and O–H groups in total. The Kier molecular flexibility index (Phi) is 4.55.